The summed E-state index contributed by atoms with van der Waals surface area (Å²) in [5, 5.41) is 17.0. The van der Waals surface area contributed by atoms with Crippen LogP contribution in [-0.2, 0) is 4.79 Å². The highest BCUT2D eigenvalue weighted by molar-refractivity contribution is 5.72. The minimum Gasteiger partial charge on any atom is -0.480 e. The molecule has 60 valence electrons. The maximum atomic E-state index is 10.1. The number of aliphatic carboxylic acids is 1. The van der Waals surface area contributed by atoms with E-state index in [0.717, 1.165) is 0 Å². The van der Waals surface area contributed by atoms with Crippen LogP contribution in [-0.4, -0.2) is 28.3 Å². The van der Waals surface area contributed by atoms with E-state index in [2.05, 4.69) is 0 Å². The van der Waals surface area contributed by atoms with Crippen LogP contribution in [0.15, 0.2) is 0 Å². The molecule has 0 aromatic rings. The highest BCUT2D eigenvalue weighted by atomic mass is 16.4. The highest BCUT2D eigenvalue weighted by Gasteiger charge is 2.11. The Bertz CT molecular complexity index is 114. The molecule has 0 spiro atoms. The molecule has 0 saturated heterocycles. The van der Waals surface area contributed by atoms with Crippen molar-refractivity contribution in [3.63, 3.8) is 0 Å². The van der Waals surface area contributed by atoms with Crippen LogP contribution in [0.3, 0.4) is 0 Å². The number of aliphatic hydroxyl groups is 1. The molecular weight excluding hydrogens is 134 g/mol. The van der Waals surface area contributed by atoms with Crippen molar-refractivity contribution in [3.8, 4) is 0 Å². The Kier molecular flexibility index (Phi) is 3.99. The van der Waals surface area contributed by atoms with Gasteiger partial charge in [-0.25, -0.2) is 0 Å². The summed E-state index contributed by atoms with van der Waals surface area (Å²) in [7, 11) is 0. The van der Waals surface area contributed by atoms with Gasteiger partial charge >= 0.3 is 5.97 Å². The molecule has 10 heavy (non-hydrogen) atoms. The van der Waals surface area contributed by atoms with Gasteiger partial charge in [0.25, 0.3) is 0 Å². The van der Waals surface area contributed by atoms with Gasteiger partial charge in [-0.3, -0.25) is 4.79 Å². The molecule has 2 atom stereocenters. The van der Waals surface area contributed by atoms with E-state index in [9.17, 15) is 4.79 Å². The molecule has 0 heterocycles. The molecule has 4 heteroatoms. The van der Waals surface area contributed by atoms with Gasteiger partial charge in [0.05, 0.1) is 6.10 Å². The Morgan fingerprint density at radius 2 is 2.10 bits per heavy atom. The second kappa shape index (κ2) is 4.24. The van der Waals surface area contributed by atoms with Crippen molar-refractivity contribution in [1.29, 1.82) is 0 Å². The quantitative estimate of drug-likeness (QED) is 0.503. The van der Waals surface area contributed by atoms with Crippen LogP contribution in [0.4, 0.5) is 0 Å². The second-order valence-electron chi connectivity index (χ2n) is 2.37. The molecule has 0 aromatic carbocycles. The number of carboxylic acids is 1. The summed E-state index contributed by atoms with van der Waals surface area (Å²) in [6, 6.07) is -0.838. The minimum absolute atomic E-state index is 0.326. The molecule has 0 saturated carbocycles. The van der Waals surface area contributed by atoms with E-state index >= 15 is 0 Å². The van der Waals surface area contributed by atoms with Gasteiger partial charge in [-0.1, -0.05) is 0 Å². The monoisotopic (exact) mass is 147 g/mol. The predicted octanol–water partition coefficient (Wildman–Crippen LogP) is -0.441. The smallest absolute Gasteiger partial charge is 0.320 e. The lowest BCUT2D eigenvalue weighted by Gasteiger charge is -2.06. The summed E-state index contributed by atoms with van der Waals surface area (Å²) < 4.78 is 0. The van der Waals surface area contributed by atoms with Crippen LogP contribution in [0, 0.1) is 0 Å². The molecule has 0 radical (unpaired) electrons. The van der Waals surface area contributed by atoms with Crippen molar-refractivity contribution in [2.24, 2.45) is 5.73 Å². The van der Waals surface area contributed by atoms with Crippen LogP contribution in [0.5, 0.6) is 0 Å². The molecule has 0 aliphatic heterocycles. The summed E-state index contributed by atoms with van der Waals surface area (Å²) in [4.78, 5) is 10.1. The van der Waals surface area contributed by atoms with Crippen molar-refractivity contribution in [1.82, 2.24) is 0 Å². The fraction of sp³-hybridized carbons (Fsp3) is 0.833. The number of hydrogen-bond donors (Lipinski definition) is 3. The number of carboxylic acid groups (broad SMARTS) is 1. The van der Waals surface area contributed by atoms with E-state index in [1.807, 2.05) is 0 Å². The average Bonchev–Trinajstić information content (AvgIpc) is 1.82. The van der Waals surface area contributed by atoms with E-state index in [1.54, 1.807) is 6.92 Å². The van der Waals surface area contributed by atoms with Gasteiger partial charge in [0, 0.05) is 0 Å². The molecule has 0 amide bonds. The van der Waals surface area contributed by atoms with Gasteiger partial charge in [0.15, 0.2) is 0 Å². The number of rotatable bonds is 4. The Morgan fingerprint density at radius 3 is 2.40 bits per heavy atom. The predicted molar refractivity (Wildman–Crippen MR) is 36.5 cm³/mol. The first-order valence-corrected chi connectivity index (χ1v) is 3.20. The Balaban J connectivity index is 3.40. The first-order chi connectivity index (χ1) is 4.54. The van der Waals surface area contributed by atoms with Crippen LogP contribution in [0.25, 0.3) is 0 Å². The number of aliphatic hydroxyl groups excluding tert-OH is 1. The normalized spacial score (nSPS) is 16.3. The lowest BCUT2D eigenvalue weighted by Crippen LogP contribution is -2.30. The van der Waals surface area contributed by atoms with Crippen LogP contribution in [0.2, 0.25) is 0 Å². The Hall–Kier alpha value is -0.610. The summed E-state index contributed by atoms with van der Waals surface area (Å²) >= 11 is 0. The third-order valence-electron chi connectivity index (χ3n) is 1.21. The van der Waals surface area contributed by atoms with Crippen LogP contribution >= 0.6 is 0 Å². The second-order valence-corrected chi connectivity index (χ2v) is 2.37. The third kappa shape index (κ3) is 4.29. The lowest BCUT2D eigenvalue weighted by molar-refractivity contribution is -0.138. The molecule has 4 nitrogen and oxygen atoms in total. The zero-order chi connectivity index (χ0) is 8.15. The van der Waals surface area contributed by atoms with Gasteiger partial charge in [-0.15, -0.1) is 0 Å². The average molecular weight is 147 g/mol. The summed E-state index contributed by atoms with van der Waals surface area (Å²) in [6.45, 7) is 1.61. The van der Waals surface area contributed by atoms with E-state index in [1.165, 1.54) is 0 Å². The van der Waals surface area contributed by atoms with Gasteiger partial charge in [-0.2, -0.15) is 0 Å². The number of carbonyl (C=O) groups is 1. The SMILES string of the molecule is CC(O)CC[C@H](N)C(=O)O. The molecule has 1 unspecified atom stereocenters. The standard InChI is InChI=1S/C6H13NO3/c1-4(8)2-3-5(7)6(9)10/h4-5,8H,2-3,7H2,1H3,(H,9,10)/t4?,5-/m0/s1. The van der Waals surface area contributed by atoms with E-state index in [0.29, 0.717) is 12.8 Å². The maximum Gasteiger partial charge on any atom is 0.320 e. The molecule has 0 fully saturated rings. The Morgan fingerprint density at radius 1 is 1.60 bits per heavy atom. The van der Waals surface area contributed by atoms with E-state index in [-0.39, 0.29) is 0 Å². The van der Waals surface area contributed by atoms with Crippen molar-refractivity contribution < 1.29 is 15.0 Å². The van der Waals surface area contributed by atoms with Crippen molar-refractivity contribution in [2.45, 2.75) is 31.9 Å². The van der Waals surface area contributed by atoms with Gasteiger partial charge in [-0.05, 0) is 19.8 Å². The summed E-state index contributed by atoms with van der Waals surface area (Å²) in [5.74, 6) is -1.01. The van der Waals surface area contributed by atoms with Crippen molar-refractivity contribution in [3.05, 3.63) is 0 Å². The zero-order valence-corrected chi connectivity index (χ0v) is 5.95. The molecular formula is C6H13NO3. The van der Waals surface area contributed by atoms with Gasteiger partial charge in [0.1, 0.15) is 6.04 Å². The molecule has 0 rings (SSSR count). The first kappa shape index (κ1) is 9.39. The summed E-state index contributed by atoms with van der Waals surface area (Å²) in [6.07, 6.45) is 0.297. The first-order valence-electron chi connectivity index (χ1n) is 3.20. The Labute approximate surface area is 59.7 Å². The minimum atomic E-state index is -1.01. The van der Waals surface area contributed by atoms with Crippen molar-refractivity contribution in [2.75, 3.05) is 0 Å². The van der Waals surface area contributed by atoms with E-state index in [4.69, 9.17) is 15.9 Å². The maximum absolute atomic E-state index is 10.1. The van der Waals surface area contributed by atoms with Gasteiger partial charge in [0.2, 0.25) is 0 Å². The topological polar surface area (TPSA) is 83.5 Å². The fourth-order valence-corrected chi connectivity index (χ4v) is 0.544. The molecule has 0 aliphatic rings. The largest absolute Gasteiger partial charge is 0.480 e. The zero-order valence-electron chi connectivity index (χ0n) is 5.95. The van der Waals surface area contributed by atoms with E-state index < -0.39 is 18.1 Å². The van der Waals surface area contributed by atoms with Crippen molar-refractivity contribution >= 4 is 5.97 Å². The van der Waals surface area contributed by atoms with Crippen LogP contribution < -0.4 is 5.73 Å². The highest BCUT2D eigenvalue weighted by Crippen LogP contribution is 1.98. The van der Waals surface area contributed by atoms with Crippen LogP contribution in [0.1, 0.15) is 19.8 Å². The molecule has 0 bridgehead atoms. The fourth-order valence-electron chi connectivity index (χ4n) is 0.544. The third-order valence-corrected chi connectivity index (χ3v) is 1.21. The summed E-state index contributed by atoms with van der Waals surface area (Å²) in [5.41, 5.74) is 5.15. The molecule has 0 aromatic heterocycles. The number of nitrogens with two attached hydrogens (primary N) is 1. The lowest BCUT2D eigenvalue weighted by atomic mass is 10.1. The molecule has 4 N–H and O–H groups in total. The van der Waals surface area contributed by atoms with Gasteiger partial charge < -0.3 is 15.9 Å². The molecule has 0 aliphatic carbocycles. The number of hydrogen-bond acceptors (Lipinski definition) is 3.